The van der Waals surface area contributed by atoms with Gasteiger partial charge in [-0.05, 0) is 69.0 Å². The summed E-state index contributed by atoms with van der Waals surface area (Å²) in [6, 6.07) is 6.49. The van der Waals surface area contributed by atoms with Crippen LogP contribution in [-0.4, -0.2) is 36.1 Å². The van der Waals surface area contributed by atoms with Crippen molar-refractivity contribution in [2.45, 2.75) is 57.7 Å². The van der Waals surface area contributed by atoms with Gasteiger partial charge in [0.25, 0.3) is 0 Å². The number of aromatic nitrogens is 2. The summed E-state index contributed by atoms with van der Waals surface area (Å²) in [6.07, 6.45) is 6.45. The monoisotopic (exact) mass is 421 g/mol. The minimum Gasteiger partial charge on any atom is -0.372 e. The number of nitrogens with one attached hydrogen (secondary N) is 1. The summed E-state index contributed by atoms with van der Waals surface area (Å²) in [7, 11) is 0. The molecule has 1 saturated heterocycles. The lowest BCUT2D eigenvalue weighted by molar-refractivity contribution is 0.0632. The van der Waals surface area contributed by atoms with Crippen molar-refractivity contribution in [2.24, 2.45) is 5.92 Å². The van der Waals surface area contributed by atoms with E-state index in [1.165, 1.54) is 31.4 Å². The van der Waals surface area contributed by atoms with E-state index in [9.17, 15) is 13.2 Å². The number of hydrogen-bond acceptors (Lipinski definition) is 4. The van der Waals surface area contributed by atoms with Gasteiger partial charge >= 0.3 is 0 Å². The van der Waals surface area contributed by atoms with Crippen LogP contribution in [-0.2, 0) is 11.3 Å². The highest BCUT2D eigenvalue weighted by Crippen LogP contribution is 2.20. The lowest BCUT2D eigenvalue weighted by atomic mass is 9.96. The molecule has 2 aromatic rings. The Morgan fingerprint density at radius 3 is 2.67 bits per heavy atom. The van der Waals surface area contributed by atoms with Gasteiger partial charge in [0.05, 0.1) is 24.6 Å². The normalized spacial score (nSPS) is 18.2. The van der Waals surface area contributed by atoms with Gasteiger partial charge in [0.15, 0.2) is 0 Å². The maximum absolute atomic E-state index is 14.1. The van der Waals surface area contributed by atoms with E-state index in [0.29, 0.717) is 23.4 Å². The second kappa shape index (κ2) is 12.0. The summed E-state index contributed by atoms with van der Waals surface area (Å²) in [5, 5.41) is 11.4. The number of unbranched alkanes of at least 4 members (excludes halogenated alkanes) is 1. The molecule has 0 aliphatic carbocycles. The van der Waals surface area contributed by atoms with E-state index in [1.807, 2.05) is 0 Å². The fraction of sp³-hybridized carbons (Fsp3) is 0.565. The van der Waals surface area contributed by atoms with Crippen LogP contribution in [0.1, 0.15) is 50.6 Å². The van der Waals surface area contributed by atoms with Crippen LogP contribution in [0.15, 0.2) is 30.3 Å². The first-order valence-electron chi connectivity index (χ1n) is 10.8. The molecule has 7 heteroatoms. The van der Waals surface area contributed by atoms with Gasteiger partial charge in [-0.25, -0.2) is 13.2 Å². The largest absolute Gasteiger partial charge is 0.372 e. The van der Waals surface area contributed by atoms with Crippen molar-refractivity contribution in [3.05, 3.63) is 47.7 Å². The number of rotatable bonds is 10. The van der Waals surface area contributed by atoms with Crippen molar-refractivity contribution in [2.75, 3.05) is 19.7 Å². The number of benzene rings is 1. The highest BCUT2D eigenvalue weighted by Gasteiger charge is 2.13. The third-order valence-electron chi connectivity index (χ3n) is 5.46. The Hall–Kier alpha value is -1.99. The van der Waals surface area contributed by atoms with E-state index in [4.69, 9.17) is 4.74 Å². The maximum atomic E-state index is 14.1. The van der Waals surface area contributed by atoms with E-state index in [2.05, 4.69) is 15.5 Å². The number of ether oxygens (including phenoxy) is 1. The zero-order valence-corrected chi connectivity index (χ0v) is 17.3. The number of alkyl halides is 1. The molecule has 1 aromatic carbocycles. The average molecular weight is 422 g/mol. The highest BCUT2D eigenvalue weighted by atomic mass is 19.1. The Morgan fingerprint density at radius 1 is 1.07 bits per heavy atom. The van der Waals surface area contributed by atoms with Gasteiger partial charge in [0, 0.05) is 11.6 Å². The summed E-state index contributed by atoms with van der Waals surface area (Å²) < 4.78 is 46.1. The third kappa shape index (κ3) is 7.69. The Kier molecular flexibility index (Phi) is 9.08. The van der Waals surface area contributed by atoms with Crippen LogP contribution in [0.5, 0.6) is 0 Å². The fourth-order valence-electron chi connectivity index (χ4n) is 3.80. The van der Waals surface area contributed by atoms with E-state index >= 15 is 0 Å². The Labute approximate surface area is 176 Å². The molecule has 3 rings (SSSR count). The van der Waals surface area contributed by atoms with Crippen molar-refractivity contribution in [3.63, 3.8) is 0 Å². The first-order valence-corrected chi connectivity index (χ1v) is 10.8. The first kappa shape index (κ1) is 22.7. The fourth-order valence-corrected chi connectivity index (χ4v) is 3.80. The van der Waals surface area contributed by atoms with Crippen LogP contribution < -0.4 is 5.32 Å². The lowest BCUT2D eigenvalue weighted by Gasteiger charge is -2.14. The molecule has 4 nitrogen and oxygen atoms in total. The van der Waals surface area contributed by atoms with Gasteiger partial charge in [0.2, 0.25) is 0 Å². The summed E-state index contributed by atoms with van der Waals surface area (Å²) in [4.78, 5) is 0. The van der Waals surface area contributed by atoms with E-state index in [1.54, 1.807) is 12.1 Å². The Balaban J connectivity index is 1.32. The SMILES string of the molecule is Fc1cc(F)cc(-c2ccc(COC[C@H](F)CCCCC3CCCCNC3)nn2)c1. The molecule has 0 bridgehead atoms. The van der Waals surface area contributed by atoms with Crippen LogP contribution in [0, 0.1) is 17.6 Å². The zero-order chi connectivity index (χ0) is 21.2. The third-order valence-corrected chi connectivity index (χ3v) is 5.46. The quantitative estimate of drug-likeness (QED) is 0.534. The molecule has 0 saturated carbocycles. The van der Waals surface area contributed by atoms with Crippen molar-refractivity contribution < 1.29 is 17.9 Å². The van der Waals surface area contributed by atoms with Gasteiger partial charge in [-0.15, -0.1) is 0 Å². The van der Waals surface area contributed by atoms with E-state index in [-0.39, 0.29) is 13.2 Å². The maximum Gasteiger partial charge on any atom is 0.126 e. The van der Waals surface area contributed by atoms with Crippen molar-refractivity contribution >= 4 is 0 Å². The molecule has 0 radical (unpaired) electrons. The smallest absolute Gasteiger partial charge is 0.126 e. The van der Waals surface area contributed by atoms with Crippen LogP contribution in [0.2, 0.25) is 0 Å². The molecular formula is C23H30F3N3O. The summed E-state index contributed by atoms with van der Waals surface area (Å²) in [6.45, 7) is 2.40. The first-order chi connectivity index (χ1) is 14.6. The van der Waals surface area contributed by atoms with Crippen LogP contribution in [0.25, 0.3) is 11.3 Å². The molecule has 1 aromatic heterocycles. The van der Waals surface area contributed by atoms with Crippen molar-refractivity contribution in [1.82, 2.24) is 15.5 Å². The van der Waals surface area contributed by atoms with Crippen LogP contribution in [0.3, 0.4) is 0 Å². The molecule has 1 N–H and O–H groups in total. The molecule has 1 fully saturated rings. The molecule has 1 aliphatic rings. The van der Waals surface area contributed by atoms with E-state index < -0.39 is 17.8 Å². The van der Waals surface area contributed by atoms with Gasteiger partial charge in [-0.2, -0.15) is 10.2 Å². The molecule has 30 heavy (non-hydrogen) atoms. The second-order valence-corrected chi connectivity index (χ2v) is 8.03. The molecule has 1 aliphatic heterocycles. The van der Waals surface area contributed by atoms with Crippen LogP contribution >= 0.6 is 0 Å². The molecular weight excluding hydrogens is 391 g/mol. The van der Waals surface area contributed by atoms with E-state index in [0.717, 1.165) is 44.3 Å². The molecule has 1 unspecified atom stereocenters. The summed E-state index contributed by atoms with van der Waals surface area (Å²) in [5.41, 5.74) is 1.23. The number of halogens is 3. The Morgan fingerprint density at radius 2 is 1.90 bits per heavy atom. The highest BCUT2D eigenvalue weighted by molar-refractivity contribution is 5.58. The van der Waals surface area contributed by atoms with Gasteiger partial charge in [-0.3, -0.25) is 0 Å². The average Bonchev–Trinajstić information content (AvgIpc) is 3.00. The minimum atomic E-state index is -0.986. The van der Waals surface area contributed by atoms with Crippen molar-refractivity contribution in [3.8, 4) is 11.3 Å². The zero-order valence-electron chi connectivity index (χ0n) is 17.3. The molecule has 0 spiro atoms. The summed E-state index contributed by atoms with van der Waals surface area (Å²) in [5.74, 6) is -0.606. The number of nitrogens with zero attached hydrogens (tertiary/aromatic N) is 2. The number of hydrogen-bond donors (Lipinski definition) is 1. The molecule has 0 amide bonds. The van der Waals surface area contributed by atoms with Crippen LogP contribution in [0.4, 0.5) is 13.2 Å². The molecule has 2 heterocycles. The standard InChI is InChI=1S/C23H30F3N3O/c24-19(7-2-1-5-17-6-3-4-10-27-14-17)15-30-16-22-8-9-23(29-28-22)18-11-20(25)13-21(26)12-18/h8-9,11-13,17,19,27H,1-7,10,14-16H2/t17?,19-/m1/s1. The minimum absolute atomic E-state index is 0.0313. The predicted molar refractivity (Wildman–Crippen MR) is 111 cm³/mol. The predicted octanol–water partition coefficient (Wildman–Crippen LogP) is 5.23. The molecule has 164 valence electrons. The van der Waals surface area contributed by atoms with Gasteiger partial charge in [0.1, 0.15) is 17.8 Å². The summed E-state index contributed by atoms with van der Waals surface area (Å²) >= 11 is 0. The topological polar surface area (TPSA) is 47.0 Å². The lowest BCUT2D eigenvalue weighted by Crippen LogP contribution is -2.20. The Bertz CT molecular complexity index is 745. The van der Waals surface area contributed by atoms with Gasteiger partial charge in [-0.1, -0.05) is 19.3 Å². The van der Waals surface area contributed by atoms with Gasteiger partial charge < -0.3 is 10.1 Å². The van der Waals surface area contributed by atoms with Crippen molar-refractivity contribution in [1.29, 1.82) is 0 Å². The second-order valence-electron chi connectivity index (χ2n) is 8.03. The molecule has 2 atom stereocenters.